The lowest BCUT2D eigenvalue weighted by Crippen LogP contribution is -2.41. The van der Waals surface area contributed by atoms with E-state index in [0.29, 0.717) is 45.6 Å². The third kappa shape index (κ3) is 3.51. The van der Waals surface area contributed by atoms with Crippen LogP contribution in [0.2, 0.25) is 0 Å². The number of ether oxygens (including phenoxy) is 2. The molecule has 0 fully saturated rings. The van der Waals surface area contributed by atoms with E-state index in [4.69, 9.17) is 9.47 Å². The Bertz CT molecular complexity index is 1430. The van der Waals surface area contributed by atoms with Crippen LogP contribution in [0.25, 0.3) is 21.5 Å². The minimum Gasteiger partial charge on any atom is -0.448 e. The number of hydrogen-bond acceptors (Lipinski definition) is 4. The molecule has 0 N–H and O–H groups in total. The number of carbonyl (C=O) groups excluding carboxylic acids is 2. The van der Waals surface area contributed by atoms with E-state index in [-0.39, 0.29) is 11.6 Å². The summed E-state index contributed by atoms with van der Waals surface area (Å²) in [6.45, 7) is 8.67. The fourth-order valence-corrected chi connectivity index (χ4v) is 5.66. The molecule has 0 radical (unpaired) electrons. The second-order valence-corrected chi connectivity index (χ2v) is 10.8. The Balaban J connectivity index is 1.46. The van der Waals surface area contributed by atoms with Gasteiger partial charge in [0.05, 0.1) is 0 Å². The summed E-state index contributed by atoms with van der Waals surface area (Å²) in [4.78, 5) is 27.0. The first-order valence-corrected chi connectivity index (χ1v) is 12.3. The molecule has 4 aromatic rings. The van der Waals surface area contributed by atoms with Crippen LogP contribution in [0, 0.1) is 11.8 Å². The highest BCUT2D eigenvalue weighted by atomic mass is 16.7. The zero-order chi connectivity index (χ0) is 24.5. The summed E-state index contributed by atoms with van der Waals surface area (Å²) in [5, 5.41) is 3.63. The zero-order valence-electron chi connectivity index (χ0n) is 20.5. The maximum absolute atomic E-state index is 13.5. The van der Waals surface area contributed by atoms with Crippen LogP contribution in [0.4, 0.5) is 0 Å². The fraction of sp³-hybridized carbons (Fsp3) is 0.290. The van der Waals surface area contributed by atoms with Gasteiger partial charge in [-0.25, -0.2) is 0 Å². The standard InChI is InChI=1S/C31H28O4/c1-17(2)15-31(16-18(3)4)34-27-13-21-11-25-26(12-22(21)14-28(27)35-31)30(33)24-10-20-8-6-5-7-19(20)9-23(24)29(25)32/h5-14,17-18H,15-16H2,1-4H3. The predicted molar refractivity (Wildman–Crippen MR) is 138 cm³/mol. The van der Waals surface area contributed by atoms with Crippen molar-refractivity contribution in [2.75, 3.05) is 0 Å². The van der Waals surface area contributed by atoms with Gasteiger partial charge in [0.25, 0.3) is 5.79 Å². The van der Waals surface area contributed by atoms with Gasteiger partial charge >= 0.3 is 0 Å². The smallest absolute Gasteiger partial charge is 0.252 e. The van der Waals surface area contributed by atoms with Crippen LogP contribution in [0.1, 0.15) is 72.4 Å². The van der Waals surface area contributed by atoms with Crippen molar-refractivity contribution < 1.29 is 19.1 Å². The van der Waals surface area contributed by atoms with Crippen molar-refractivity contribution in [1.82, 2.24) is 0 Å². The maximum atomic E-state index is 13.5. The highest BCUT2D eigenvalue weighted by Crippen LogP contribution is 2.47. The summed E-state index contributed by atoms with van der Waals surface area (Å²) in [6.07, 6.45) is 1.57. The molecular formula is C31H28O4. The van der Waals surface area contributed by atoms with E-state index in [2.05, 4.69) is 27.7 Å². The molecule has 35 heavy (non-hydrogen) atoms. The molecule has 0 aromatic heterocycles. The van der Waals surface area contributed by atoms with Crippen molar-refractivity contribution in [2.45, 2.75) is 46.3 Å². The molecule has 0 unspecified atom stereocenters. The van der Waals surface area contributed by atoms with E-state index in [1.54, 1.807) is 0 Å². The first kappa shape index (κ1) is 21.8. The van der Waals surface area contributed by atoms with Gasteiger partial charge in [-0.1, -0.05) is 52.0 Å². The number of carbonyl (C=O) groups is 2. The normalized spacial score (nSPS) is 15.8. The third-order valence-corrected chi connectivity index (χ3v) is 6.93. The van der Waals surface area contributed by atoms with E-state index < -0.39 is 5.79 Å². The van der Waals surface area contributed by atoms with Crippen molar-refractivity contribution in [1.29, 1.82) is 0 Å². The van der Waals surface area contributed by atoms with Crippen LogP contribution >= 0.6 is 0 Å². The van der Waals surface area contributed by atoms with Crippen molar-refractivity contribution in [2.24, 2.45) is 11.8 Å². The van der Waals surface area contributed by atoms with E-state index in [9.17, 15) is 9.59 Å². The van der Waals surface area contributed by atoms with E-state index in [1.165, 1.54) is 0 Å². The average Bonchev–Trinajstić information content (AvgIpc) is 3.13. The van der Waals surface area contributed by atoms with Crippen LogP contribution in [-0.2, 0) is 0 Å². The highest BCUT2D eigenvalue weighted by molar-refractivity contribution is 6.30. The lowest BCUT2D eigenvalue weighted by molar-refractivity contribution is -0.108. The quantitative estimate of drug-likeness (QED) is 0.279. The number of hydrogen-bond donors (Lipinski definition) is 0. The third-order valence-electron chi connectivity index (χ3n) is 6.93. The number of fused-ring (bicyclic) bond motifs is 5. The predicted octanol–water partition coefficient (Wildman–Crippen LogP) is 7.33. The van der Waals surface area contributed by atoms with E-state index in [0.717, 1.165) is 34.4 Å². The largest absolute Gasteiger partial charge is 0.448 e. The Morgan fingerprint density at radius 3 is 1.34 bits per heavy atom. The topological polar surface area (TPSA) is 52.6 Å². The Labute approximate surface area is 204 Å². The second kappa shape index (κ2) is 7.67. The Morgan fingerprint density at radius 1 is 0.600 bits per heavy atom. The molecule has 0 saturated heterocycles. The van der Waals surface area contributed by atoms with Gasteiger partial charge in [0.15, 0.2) is 23.1 Å². The SMILES string of the molecule is CC(C)CC1(CC(C)C)Oc2cc3cc4c(cc3cc2O1)C(=O)c1cc2ccccc2cc1C4=O. The van der Waals surface area contributed by atoms with Crippen molar-refractivity contribution >= 4 is 33.1 Å². The molecule has 0 atom stereocenters. The lowest BCUT2D eigenvalue weighted by atomic mass is 9.81. The van der Waals surface area contributed by atoms with Crippen LogP contribution in [0.3, 0.4) is 0 Å². The number of rotatable bonds is 4. The number of ketones is 2. The summed E-state index contributed by atoms with van der Waals surface area (Å²) in [6, 6.07) is 19.0. The Morgan fingerprint density at radius 2 is 0.971 bits per heavy atom. The zero-order valence-corrected chi connectivity index (χ0v) is 20.5. The summed E-state index contributed by atoms with van der Waals surface area (Å²) in [5.41, 5.74) is 1.82. The summed E-state index contributed by atoms with van der Waals surface area (Å²) >= 11 is 0. The van der Waals surface area contributed by atoms with Crippen molar-refractivity contribution in [3.63, 3.8) is 0 Å². The van der Waals surface area contributed by atoms with Gasteiger partial charge in [0.2, 0.25) is 0 Å². The molecule has 1 aliphatic heterocycles. The van der Waals surface area contributed by atoms with E-state index >= 15 is 0 Å². The molecular weight excluding hydrogens is 436 g/mol. The van der Waals surface area contributed by atoms with Gasteiger partial charge in [-0.3, -0.25) is 9.59 Å². The molecule has 4 heteroatoms. The first-order chi connectivity index (χ1) is 16.7. The van der Waals surface area contributed by atoms with Crippen LogP contribution in [0.5, 0.6) is 11.5 Å². The molecule has 0 saturated carbocycles. The van der Waals surface area contributed by atoms with Crippen molar-refractivity contribution in [3.8, 4) is 11.5 Å². The molecule has 6 rings (SSSR count). The van der Waals surface area contributed by atoms with Gasteiger partial charge in [-0.2, -0.15) is 0 Å². The van der Waals surface area contributed by atoms with Crippen LogP contribution in [0.15, 0.2) is 60.7 Å². The van der Waals surface area contributed by atoms with E-state index in [1.807, 2.05) is 60.7 Å². The molecule has 176 valence electrons. The monoisotopic (exact) mass is 464 g/mol. The minimum absolute atomic E-state index is 0.117. The first-order valence-electron chi connectivity index (χ1n) is 12.3. The second-order valence-electron chi connectivity index (χ2n) is 10.8. The van der Waals surface area contributed by atoms with Gasteiger partial charge in [0, 0.05) is 35.1 Å². The van der Waals surface area contributed by atoms with Gasteiger partial charge in [-0.15, -0.1) is 0 Å². The molecule has 0 spiro atoms. The molecule has 0 bridgehead atoms. The molecule has 0 amide bonds. The average molecular weight is 465 g/mol. The molecule has 2 aliphatic rings. The molecule has 1 heterocycles. The summed E-state index contributed by atoms with van der Waals surface area (Å²) in [5.74, 6) is 1.29. The summed E-state index contributed by atoms with van der Waals surface area (Å²) < 4.78 is 12.9. The lowest BCUT2D eigenvalue weighted by Gasteiger charge is -2.31. The number of benzene rings is 4. The minimum atomic E-state index is -0.691. The molecule has 1 aliphatic carbocycles. The maximum Gasteiger partial charge on any atom is 0.252 e. The Kier molecular flexibility index (Phi) is 4.79. The van der Waals surface area contributed by atoms with Gasteiger partial charge < -0.3 is 9.47 Å². The highest BCUT2D eigenvalue weighted by Gasteiger charge is 2.43. The van der Waals surface area contributed by atoms with Crippen molar-refractivity contribution in [3.05, 3.63) is 82.9 Å². The summed E-state index contributed by atoms with van der Waals surface area (Å²) in [7, 11) is 0. The molecule has 4 nitrogen and oxygen atoms in total. The van der Waals surface area contributed by atoms with Crippen LogP contribution < -0.4 is 9.47 Å². The van der Waals surface area contributed by atoms with Crippen LogP contribution in [-0.4, -0.2) is 17.4 Å². The Hall–Kier alpha value is -3.66. The fourth-order valence-electron chi connectivity index (χ4n) is 5.66. The molecule has 4 aromatic carbocycles. The van der Waals surface area contributed by atoms with Gasteiger partial charge in [0.1, 0.15) is 0 Å². The van der Waals surface area contributed by atoms with Gasteiger partial charge in [-0.05, 0) is 69.8 Å².